The first-order valence-corrected chi connectivity index (χ1v) is 41.2. The summed E-state index contributed by atoms with van der Waals surface area (Å²) < 4.78 is 49.4. The van der Waals surface area contributed by atoms with Gasteiger partial charge in [0.25, 0.3) is 5.91 Å². The van der Waals surface area contributed by atoms with Crippen LogP contribution in [0, 0.1) is 10.8 Å². The highest BCUT2D eigenvalue weighted by atomic mass is 32.2. The number of aliphatic carboxylic acids is 1. The van der Waals surface area contributed by atoms with Gasteiger partial charge < -0.3 is 76.8 Å². The number of carbonyl (C=O) groups excluding carboxylic acids is 9. The molecule has 3 fully saturated rings. The molecular formula is C86H106N14O17S. The molecule has 10 bridgehead atoms. The van der Waals surface area contributed by atoms with Crippen LogP contribution in [0.25, 0.3) is 21.9 Å². The number of hydrogen-bond donors (Lipinski definition) is 11. The number of rotatable bonds is 17. The largest absolute Gasteiger partial charge is 0.508 e. The maximum Gasteiger partial charge on any atom is 0.326 e. The number of likely N-dealkylation sites (tertiary alicyclic amines) is 2. The standard InChI is InChI=1S/C86H106N14O17S/c1-50(87-9)75(102)93-73(85(3,4)5)82(109)98-47-61-44-71(98)80(107)91-68(43-55-19-26-56-15-11-12-16-59(56)39-55)78(105)92-70(84(111)112)42-54-20-31-63(32-21-54)115-37-13-14-38-116-65-45-72(99(48-65)83(110)74(86(6,7)8)94-76(103)51(2)88-10)81(108)90-67(40-52-17-24-57(25-18-52)58-27-29-62(101)30-28-58)77(104)89-69(79(106)96-118(113,114)66-35-36-66)41-53-22-33-64(34-23-53)117-49-60-46-100(61)97-95-60/h11-34,39,46,50-51,61,65-74,87-88,101H,35-38,40-45,47-49H2,1-10H3,(H,89,104)(H,90,108)(H,91,107)(H,92,105)(H,93,102)(H,94,103)(H,96,106)(H,111,112)/b14-13+/t50-,51-,61-,65-,67-,68-,69-,70-,71-,72-,73+,74+/m0/s1. The van der Waals surface area contributed by atoms with Gasteiger partial charge in [-0.05, 0) is 138 Å². The van der Waals surface area contributed by atoms with Gasteiger partial charge >= 0.3 is 5.97 Å². The number of aromatic hydroxyl groups is 1. The van der Waals surface area contributed by atoms with E-state index in [4.69, 9.17) is 14.2 Å². The van der Waals surface area contributed by atoms with Crippen molar-refractivity contribution in [3.63, 3.8) is 0 Å². The van der Waals surface area contributed by atoms with Crippen molar-refractivity contribution in [2.45, 2.75) is 191 Å². The van der Waals surface area contributed by atoms with Crippen LogP contribution in [0.5, 0.6) is 17.2 Å². The average Bonchev–Trinajstić information content (AvgIpc) is 1.63. The molecule has 2 saturated heterocycles. The van der Waals surface area contributed by atoms with E-state index >= 15 is 24.0 Å². The number of hydrogen-bond acceptors (Lipinski definition) is 20. The van der Waals surface area contributed by atoms with Crippen LogP contribution in [0.3, 0.4) is 0 Å². The number of carboxylic acids is 1. The van der Waals surface area contributed by atoms with E-state index in [1.807, 2.05) is 42.5 Å². The highest BCUT2D eigenvalue weighted by molar-refractivity contribution is 7.91. The molecule has 31 nitrogen and oxygen atoms in total. The minimum Gasteiger partial charge on any atom is -0.508 e. The molecule has 1 aliphatic carbocycles. The molecule has 32 heteroatoms. The second-order valence-electron chi connectivity index (χ2n) is 32.8. The summed E-state index contributed by atoms with van der Waals surface area (Å²) in [5, 5.41) is 53.4. The maximum absolute atomic E-state index is 15.4. The van der Waals surface area contributed by atoms with Gasteiger partial charge in [0.05, 0.1) is 42.3 Å². The molecule has 14 rings (SSSR count). The van der Waals surface area contributed by atoms with Crippen molar-refractivity contribution in [3.05, 3.63) is 186 Å². The SMILES string of the molecule is CN[C@@H](C)C(=O)N[C@H](C(=O)N1C[C@@H]2C[C@H]1C(=O)N[C@@H](Cc1ccc3ccccc3c1)C(=O)N[C@H](C(=O)O)Cc1ccc(cc1)OC/C=C/CO[C@H]1C[C@@H](C(=O)N[C@@H](Cc3ccc(-c4ccc(O)cc4)cc3)C(=O)N[C@H](C(=O)NS(=O)(=O)C3CC3)Cc3ccc(cc3)OCc3cn2nn3)N(C(=O)[C@@H](NC(=O)[C@H](C)NC)C(C)(C)C)C1)C(C)(C)C. The second kappa shape index (κ2) is 38.2. The number of likely N-dealkylation sites (N-methyl/N-ethyl adjacent to an activating group) is 2. The summed E-state index contributed by atoms with van der Waals surface area (Å²) in [5.74, 6) is -7.04. The van der Waals surface area contributed by atoms with Crippen molar-refractivity contribution < 1.29 is 80.8 Å². The van der Waals surface area contributed by atoms with Gasteiger partial charge in [-0.3, -0.25) is 47.9 Å². The van der Waals surface area contributed by atoms with Crippen LogP contribution in [-0.2, 0) is 95.0 Å². The van der Waals surface area contributed by atoms with Crippen LogP contribution in [0.15, 0.2) is 158 Å². The Morgan fingerprint density at radius 1 is 0.585 bits per heavy atom. The zero-order valence-corrected chi connectivity index (χ0v) is 68.7. The Morgan fingerprint density at radius 3 is 1.64 bits per heavy atom. The quantitative estimate of drug-likeness (QED) is 0.0553. The van der Waals surface area contributed by atoms with Gasteiger partial charge in [0, 0.05) is 51.6 Å². The third-order valence-corrected chi connectivity index (χ3v) is 23.6. The number of amides is 9. The number of nitrogens with one attached hydrogen (secondary N) is 9. The van der Waals surface area contributed by atoms with Gasteiger partial charge in [-0.1, -0.05) is 156 Å². The first kappa shape index (κ1) is 87.2. The molecule has 0 spiro atoms. The fourth-order valence-electron chi connectivity index (χ4n) is 14.3. The molecule has 1 aromatic heterocycles. The molecule has 9 amide bonds. The van der Waals surface area contributed by atoms with E-state index in [-0.39, 0.29) is 77.2 Å². The molecule has 118 heavy (non-hydrogen) atoms. The Bertz CT molecular complexity index is 4930. The van der Waals surface area contributed by atoms with Crippen molar-refractivity contribution in [2.75, 3.05) is 40.4 Å². The van der Waals surface area contributed by atoms with Gasteiger partial charge in [0.2, 0.25) is 57.3 Å². The van der Waals surface area contributed by atoms with E-state index in [1.54, 1.807) is 185 Å². The first-order chi connectivity index (χ1) is 56.1. The Kier molecular flexibility index (Phi) is 28.2. The lowest BCUT2D eigenvalue weighted by Crippen LogP contribution is -2.61. The molecule has 1 saturated carbocycles. The number of sulfonamides is 1. The number of carbonyl (C=O) groups is 10. The van der Waals surface area contributed by atoms with E-state index in [0.29, 0.717) is 52.3 Å². The highest BCUT2D eigenvalue weighted by Gasteiger charge is 2.49. The van der Waals surface area contributed by atoms with Gasteiger partial charge in [-0.2, -0.15) is 0 Å². The zero-order chi connectivity index (χ0) is 84.9. The molecular weight excluding hydrogens is 1530 g/mol. The lowest BCUT2D eigenvalue weighted by molar-refractivity contribution is -0.145. The van der Waals surface area contributed by atoms with Crippen LogP contribution >= 0.6 is 0 Å². The predicted molar refractivity (Wildman–Crippen MR) is 438 cm³/mol. The molecule has 11 N–H and O–H groups in total. The molecule has 12 atom stereocenters. The second-order valence-corrected chi connectivity index (χ2v) is 34.8. The van der Waals surface area contributed by atoms with Crippen molar-refractivity contribution in [1.29, 1.82) is 0 Å². The number of carboxylic acid groups (broad SMARTS) is 1. The van der Waals surface area contributed by atoms with E-state index < -0.39 is 158 Å². The number of aromatic nitrogens is 3. The Labute approximate surface area is 686 Å². The molecule has 628 valence electrons. The smallest absolute Gasteiger partial charge is 0.326 e. The van der Waals surface area contributed by atoms with E-state index in [0.717, 1.165) is 21.9 Å². The summed E-state index contributed by atoms with van der Waals surface area (Å²) in [5.41, 5.74) is 2.14. The summed E-state index contributed by atoms with van der Waals surface area (Å²) in [4.78, 5) is 149. The predicted octanol–water partition coefficient (Wildman–Crippen LogP) is 4.64. The summed E-state index contributed by atoms with van der Waals surface area (Å²) >= 11 is 0. The van der Waals surface area contributed by atoms with Gasteiger partial charge in [0.15, 0.2) is 0 Å². The average molecular weight is 1640 g/mol. The molecule has 7 aromatic rings. The Balaban J connectivity index is 0.924. The van der Waals surface area contributed by atoms with Crippen LogP contribution in [0.1, 0.15) is 115 Å². The first-order valence-electron chi connectivity index (χ1n) is 39.6. The highest BCUT2D eigenvalue weighted by Crippen LogP contribution is 2.34. The van der Waals surface area contributed by atoms with Crippen LogP contribution in [0.4, 0.5) is 0 Å². The maximum atomic E-state index is 15.4. The Morgan fingerprint density at radius 2 is 1.08 bits per heavy atom. The van der Waals surface area contributed by atoms with E-state index in [2.05, 4.69) is 57.6 Å². The van der Waals surface area contributed by atoms with Crippen molar-refractivity contribution in [2.24, 2.45) is 10.8 Å². The zero-order valence-electron chi connectivity index (χ0n) is 67.9. The van der Waals surface area contributed by atoms with Crippen LogP contribution in [0.2, 0.25) is 0 Å². The number of benzene rings is 6. The molecule has 7 aliphatic rings. The van der Waals surface area contributed by atoms with Crippen molar-refractivity contribution in [3.8, 4) is 28.4 Å². The van der Waals surface area contributed by atoms with Crippen LogP contribution in [-0.4, -0.2) is 215 Å². The number of ether oxygens (including phenoxy) is 3. The third-order valence-electron chi connectivity index (χ3n) is 21.7. The lowest BCUT2D eigenvalue weighted by atomic mass is 9.85. The normalized spacial score (nSPS) is 22.2. The Hall–Kier alpha value is -11.6. The van der Waals surface area contributed by atoms with Gasteiger partial charge in [-0.15, -0.1) is 5.10 Å². The number of phenols is 1. The van der Waals surface area contributed by atoms with E-state index in [9.17, 15) is 42.6 Å². The third kappa shape index (κ3) is 22.8. The van der Waals surface area contributed by atoms with Crippen molar-refractivity contribution >= 4 is 79.9 Å². The van der Waals surface area contributed by atoms with Crippen LogP contribution < -0.4 is 56.7 Å². The number of fused-ring (bicyclic) bond motifs is 1. The topological polar surface area (TPSA) is 418 Å². The summed E-state index contributed by atoms with van der Waals surface area (Å²) in [6.45, 7) is 13.5. The molecule has 0 radical (unpaired) electrons. The number of nitrogens with zero attached hydrogens (tertiary/aromatic N) is 5. The lowest BCUT2D eigenvalue weighted by Gasteiger charge is -2.36. The van der Waals surface area contributed by atoms with Gasteiger partial charge in [0.1, 0.15) is 84.5 Å². The fraction of sp³-hybridized carbons (Fsp3) is 0.442. The minimum absolute atomic E-state index is 0.0285. The molecule has 7 heterocycles. The summed E-state index contributed by atoms with van der Waals surface area (Å²) in [6.07, 6.45) is 3.89. The number of phenolic OH excluding ortho intramolecular Hbond substituents is 1. The molecule has 6 aliphatic heterocycles. The minimum atomic E-state index is -4.20. The van der Waals surface area contributed by atoms with Gasteiger partial charge in [-0.25, -0.2) is 17.9 Å². The summed E-state index contributed by atoms with van der Waals surface area (Å²) in [6, 6.07) is 26.6. The monoisotopic (exact) mass is 1640 g/mol. The van der Waals surface area contributed by atoms with E-state index in [1.165, 1.54) is 14.5 Å². The van der Waals surface area contributed by atoms with Crippen molar-refractivity contribution in [1.82, 2.24) is 72.1 Å². The molecule has 0 unspecified atom stereocenters. The summed E-state index contributed by atoms with van der Waals surface area (Å²) in [7, 11) is -0.998. The fourth-order valence-corrected chi connectivity index (χ4v) is 15.7. The molecule has 6 aromatic carbocycles.